The Kier molecular flexibility index (Phi) is 8.22. The van der Waals surface area contributed by atoms with Crippen LogP contribution in [0.15, 0.2) is 206 Å². The first-order chi connectivity index (χ1) is 31.1. The highest BCUT2D eigenvalue weighted by Crippen LogP contribution is 2.72. The largest absolute Gasteiger partial charge is 0.310 e. The molecule has 1 aromatic heterocycles. The van der Waals surface area contributed by atoms with Crippen molar-refractivity contribution in [3.63, 3.8) is 0 Å². The summed E-state index contributed by atoms with van der Waals surface area (Å²) in [6.45, 7) is 0. The Morgan fingerprint density at radius 1 is 0.460 bits per heavy atom. The third-order valence-corrected chi connectivity index (χ3v) is 13.2. The average molecular weight is 805 g/mol. The van der Waals surface area contributed by atoms with Crippen molar-refractivity contribution in [3.8, 4) is 45.8 Å². The predicted octanol–water partition coefficient (Wildman–Crippen LogP) is 13.3. The Morgan fingerprint density at radius 2 is 0.968 bits per heavy atom. The Balaban J connectivity index is 1.18. The Labute approximate surface area is 365 Å². The van der Waals surface area contributed by atoms with Gasteiger partial charge in [-0.2, -0.15) is 10.5 Å². The molecular formula is C57H36N6. The molecule has 294 valence electrons. The molecular weight excluding hydrogens is 769 g/mol. The number of hydrogen-bond donors (Lipinski definition) is 0. The van der Waals surface area contributed by atoms with Crippen LogP contribution < -0.4 is 9.80 Å². The first kappa shape index (κ1) is 36.3. The molecule has 3 aliphatic rings. The number of anilines is 5. The summed E-state index contributed by atoms with van der Waals surface area (Å²) in [6, 6.07) is 76.1. The van der Waals surface area contributed by atoms with E-state index < -0.39 is 5.41 Å². The van der Waals surface area contributed by atoms with E-state index >= 15 is 0 Å². The van der Waals surface area contributed by atoms with Gasteiger partial charge in [0.2, 0.25) is 5.95 Å². The van der Waals surface area contributed by atoms with E-state index in [0.717, 1.165) is 84.2 Å². The molecule has 12 rings (SSSR count). The molecule has 2 aliphatic carbocycles. The summed E-state index contributed by atoms with van der Waals surface area (Å²) in [5.74, 6) is 0.391. The fraction of sp³-hybridized carbons (Fsp3) is 0.0526. The minimum Gasteiger partial charge on any atom is -0.310 e. The minimum absolute atomic E-state index is 0.201. The standard InChI is InChI=1S/C57H36N6/c58-35-37-25-28-44-45-29-26-38(36-59)32-50(45)57(49(44)31-37)48-24-14-13-23-46(48)55-54(57)47-30-27-43(62(41-19-9-3-10-20-41)42-21-11-4-12-22-42)33-53(47)63(55)56-60-51(39-15-5-1-6-16-39)34-52(61-56)40-17-7-2-8-18-40/h1-34,54-55H. The summed E-state index contributed by atoms with van der Waals surface area (Å²) < 4.78 is 0. The number of rotatable bonds is 6. The highest BCUT2D eigenvalue weighted by Gasteiger charge is 2.63. The van der Waals surface area contributed by atoms with Crippen LogP contribution in [0.25, 0.3) is 33.6 Å². The third kappa shape index (κ3) is 5.42. The maximum absolute atomic E-state index is 10.4. The van der Waals surface area contributed by atoms with Gasteiger partial charge in [0.15, 0.2) is 0 Å². The zero-order valence-electron chi connectivity index (χ0n) is 34.0. The van der Waals surface area contributed by atoms with E-state index in [1.165, 1.54) is 0 Å². The van der Waals surface area contributed by atoms with Gasteiger partial charge in [-0.3, -0.25) is 0 Å². The lowest BCUT2D eigenvalue weighted by molar-refractivity contribution is 0.488. The molecule has 63 heavy (non-hydrogen) atoms. The first-order valence-corrected chi connectivity index (χ1v) is 21.2. The molecule has 0 saturated carbocycles. The van der Waals surface area contributed by atoms with Gasteiger partial charge in [-0.05, 0) is 106 Å². The van der Waals surface area contributed by atoms with Gasteiger partial charge >= 0.3 is 0 Å². The van der Waals surface area contributed by atoms with Crippen LogP contribution in [0.1, 0.15) is 50.9 Å². The van der Waals surface area contributed by atoms with Crippen molar-refractivity contribution < 1.29 is 0 Å². The number of benzene rings is 8. The van der Waals surface area contributed by atoms with Gasteiger partial charge in [-0.15, -0.1) is 0 Å². The molecule has 2 unspecified atom stereocenters. The van der Waals surface area contributed by atoms with Crippen LogP contribution >= 0.6 is 0 Å². The second-order valence-electron chi connectivity index (χ2n) is 16.4. The highest BCUT2D eigenvalue weighted by atomic mass is 15.3. The summed E-state index contributed by atoms with van der Waals surface area (Å²) >= 11 is 0. The summed E-state index contributed by atoms with van der Waals surface area (Å²) in [6.07, 6.45) is 0. The van der Waals surface area contributed by atoms with E-state index in [1.54, 1.807) is 0 Å². The van der Waals surface area contributed by atoms with E-state index in [2.05, 4.69) is 168 Å². The fourth-order valence-corrected chi connectivity index (χ4v) is 10.7. The highest BCUT2D eigenvalue weighted by molar-refractivity contribution is 5.91. The predicted molar refractivity (Wildman–Crippen MR) is 249 cm³/mol. The van der Waals surface area contributed by atoms with E-state index in [-0.39, 0.29) is 12.0 Å². The molecule has 0 fully saturated rings. The lowest BCUT2D eigenvalue weighted by Gasteiger charge is -2.35. The molecule has 1 spiro atoms. The van der Waals surface area contributed by atoms with Crippen molar-refractivity contribution >= 4 is 28.7 Å². The van der Waals surface area contributed by atoms with Gasteiger partial charge in [-0.1, -0.05) is 140 Å². The number of nitrogens with zero attached hydrogens (tertiary/aromatic N) is 6. The Hall–Kier alpha value is -8.58. The zero-order valence-corrected chi connectivity index (χ0v) is 34.0. The van der Waals surface area contributed by atoms with Crippen molar-refractivity contribution in [2.24, 2.45) is 0 Å². The van der Waals surface area contributed by atoms with Crippen LogP contribution in [-0.4, -0.2) is 9.97 Å². The molecule has 9 aromatic rings. The molecule has 0 bridgehead atoms. The molecule has 0 N–H and O–H groups in total. The van der Waals surface area contributed by atoms with Gasteiger partial charge in [0, 0.05) is 34.1 Å². The van der Waals surface area contributed by atoms with Crippen molar-refractivity contribution in [2.75, 3.05) is 9.80 Å². The number of aromatic nitrogens is 2. The number of fused-ring (bicyclic) bond motifs is 12. The van der Waals surface area contributed by atoms with Gasteiger partial charge in [0.1, 0.15) is 0 Å². The quantitative estimate of drug-likeness (QED) is 0.167. The Bertz CT molecular complexity index is 3170. The van der Waals surface area contributed by atoms with Gasteiger partial charge in [0.25, 0.3) is 0 Å². The van der Waals surface area contributed by atoms with Crippen LogP contribution in [0.3, 0.4) is 0 Å². The first-order valence-electron chi connectivity index (χ1n) is 21.2. The second kappa shape index (κ2) is 14.3. The summed E-state index contributed by atoms with van der Waals surface area (Å²) in [4.78, 5) is 15.7. The maximum Gasteiger partial charge on any atom is 0.231 e. The third-order valence-electron chi connectivity index (χ3n) is 13.2. The lowest BCUT2D eigenvalue weighted by Crippen LogP contribution is -2.32. The van der Waals surface area contributed by atoms with Crippen LogP contribution in [0.2, 0.25) is 0 Å². The molecule has 6 heteroatoms. The number of nitriles is 2. The van der Waals surface area contributed by atoms with E-state index in [0.29, 0.717) is 17.1 Å². The van der Waals surface area contributed by atoms with Crippen LogP contribution in [0.4, 0.5) is 28.7 Å². The van der Waals surface area contributed by atoms with Gasteiger partial charge < -0.3 is 9.80 Å². The smallest absolute Gasteiger partial charge is 0.231 e. The number of hydrogen-bond acceptors (Lipinski definition) is 6. The van der Waals surface area contributed by atoms with Crippen molar-refractivity contribution in [1.29, 1.82) is 10.5 Å². The summed E-state index contributed by atoms with van der Waals surface area (Å²) in [5, 5.41) is 20.8. The van der Waals surface area contributed by atoms with Crippen LogP contribution in [0, 0.1) is 22.7 Å². The molecule has 6 nitrogen and oxygen atoms in total. The topological polar surface area (TPSA) is 79.8 Å². The van der Waals surface area contributed by atoms with E-state index in [4.69, 9.17) is 9.97 Å². The SMILES string of the molecule is N#Cc1ccc2c(c1)C1(c3cc(C#N)ccc3-2)c2ccccc2C2C1c1ccc(N(c3ccccc3)c3ccccc3)cc1N2c1nc(-c2ccccc2)cc(-c2ccccc2)n1. The summed E-state index contributed by atoms with van der Waals surface area (Å²) in [7, 11) is 0. The molecule has 2 heterocycles. The molecule has 0 radical (unpaired) electrons. The van der Waals surface area contributed by atoms with E-state index in [1.807, 2.05) is 60.7 Å². The summed E-state index contributed by atoms with van der Waals surface area (Å²) in [5.41, 5.74) is 15.9. The van der Waals surface area contributed by atoms with Crippen LogP contribution in [-0.2, 0) is 5.41 Å². The molecule has 2 atom stereocenters. The minimum atomic E-state index is -0.755. The maximum atomic E-state index is 10.4. The Morgan fingerprint density at radius 3 is 1.51 bits per heavy atom. The monoisotopic (exact) mass is 804 g/mol. The molecule has 0 amide bonds. The van der Waals surface area contributed by atoms with Gasteiger partial charge in [-0.25, -0.2) is 9.97 Å². The molecule has 1 aliphatic heterocycles. The van der Waals surface area contributed by atoms with Crippen LogP contribution in [0.5, 0.6) is 0 Å². The number of para-hydroxylation sites is 2. The van der Waals surface area contributed by atoms with Crippen molar-refractivity contribution in [2.45, 2.75) is 17.4 Å². The molecule has 8 aromatic carbocycles. The molecule has 0 saturated heterocycles. The fourth-order valence-electron chi connectivity index (χ4n) is 10.7. The zero-order chi connectivity index (χ0) is 42.1. The second-order valence-corrected chi connectivity index (χ2v) is 16.4. The average Bonchev–Trinajstić information content (AvgIpc) is 3.96. The van der Waals surface area contributed by atoms with Crippen molar-refractivity contribution in [3.05, 3.63) is 245 Å². The lowest BCUT2D eigenvalue weighted by atomic mass is 9.65. The van der Waals surface area contributed by atoms with Gasteiger partial charge in [0.05, 0.1) is 51.8 Å². The normalized spacial score (nSPS) is 15.7. The van der Waals surface area contributed by atoms with E-state index in [9.17, 15) is 10.5 Å². The van der Waals surface area contributed by atoms with Crippen molar-refractivity contribution in [1.82, 2.24) is 9.97 Å².